The second-order valence-corrected chi connectivity index (χ2v) is 6.45. The van der Waals surface area contributed by atoms with Gasteiger partial charge >= 0.3 is 0 Å². The molecule has 1 aromatic rings. The number of nitrogens with zero attached hydrogens (tertiary/aromatic N) is 4. The molecule has 0 N–H and O–H groups in total. The fraction of sp³-hybridized carbons (Fsp3) is 0.579. The minimum Gasteiger partial charge on any atom is -0.299 e. The molecule has 6 heteroatoms. The predicted molar refractivity (Wildman–Crippen MR) is 91.4 cm³/mol. The first kappa shape index (κ1) is 19.3. The summed E-state index contributed by atoms with van der Waals surface area (Å²) in [5, 5.41) is 17.8. The van der Waals surface area contributed by atoms with E-state index in [1.54, 1.807) is 6.07 Å². The van der Waals surface area contributed by atoms with Gasteiger partial charge < -0.3 is 0 Å². The third-order valence-electron chi connectivity index (χ3n) is 4.82. The van der Waals surface area contributed by atoms with E-state index < -0.39 is 11.6 Å². The molecular formula is C19H24F2N4. The second-order valence-electron chi connectivity index (χ2n) is 6.45. The largest absolute Gasteiger partial charge is 0.299 e. The zero-order valence-corrected chi connectivity index (χ0v) is 14.6. The van der Waals surface area contributed by atoms with Gasteiger partial charge in [-0.25, -0.2) is 8.78 Å². The van der Waals surface area contributed by atoms with Gasteiger partial charge in [0, 0.05) is 56.8 Å². The van der Waals surface area contributed by atoms with Crippen molar-refractivity contribution in [1.82, 2.24) is 9.80 Å². The van der Waals surface area contributed by atoms with Gasteiger partial charge in [0.1, 0.15) is 11.6 Å². The average Bonchev–Trinajstić information content (AvgIpc) is 2.62. The summed E-state index contributed by atoms with van der Waals surface area (Å²) in [5.41, 5.74) is 0.543. The maximum atomic E-state index is 14.1. The van der Waals surface area contributed by atoms with Crippen LogP contribution in [0.25, 0.3) is 0 Å². The highest BCUT2D eigenvalue weighted by molar-refractivity contribution is 5.22. The second kappa shape index (κ2) is 9.46. The zero-order chi connectivity index (χ0) is 18.2. The summed E-state index contributed by atoms with van der Waals surface area (Å²) < 4.78 is 27.3. The lowest BCUT2D eigenvalue weighted by Crippen LogP contribution is -2.48. The Balaban J connectivity index is 1.94. The Morgan fingerprint density at radius 3 is 2.44 bits per heavy atom. The topological polar surface area (TPSA) is 54.1 Å². The number of hydrogen-bond donors (Lipinski definition) is 0. The van der Waals surface area contributed by atoms with Crippen LogP contribution in [0.4, 0.5) is 8.78 Å². The van der Waals surface area contributed by atoms with E-state index in [-0.39, 0.29) is 12.0 Å². The van der Waals surface area contributed by atoms with Crippen molar-refractivity contribution in [2.24, 2.45) is 5.92 Å². The van der Waals surface area contributed by atoms with E-state index in [9.17, 15) is 14.0 Å². The number of piperazine rings is 1. The van der Waals surface area contributed by atoms with Gasteiger partial charge in [-0.3, -0.25) is 9.80 Å². The molecule has 1 heterocycles. The third-order valence-corrected chi connectivity index (χ3v) is 4.82. The lowest BCUT2D eigenvalue weighted by molar-refractivity contribution is 0.0862. The van der Waals surface area contributed by atoms with Crippen LogP contribution in [0.1, 0.15) is 37.8 Å². The minimum absolute atomic E-state index is 0.0619. The Bertz CT molecular complexity index is 642. The highest BCUT2D eigenvalue weighted by Crippen LogP contribution is 2.28. The van der Waals surface area contributed by atoms with Crippen LogP contribution >= 0.6 is 0 Å². The normalized spacial score (nSPS) is 18.3. The SMILES string of the molecule is CC[C@H](c1ccc(F)cc1F)N1CCN(C[C@@H](C#N)CCC#N)CC1. The quantitative estimate of drug-likeness (QED) is 0.758. The van der Waals surface area contributed by atoms with Gasteiger partial charge in [0.25, 0.3) is 0 Å². The standard InChI is InChI=1S/C19H24F2N4/c1-2-19(17-6-5-16(20)12-18(17)21)25-10-8-24(9-11-25)14-15(13-23)4-3-7-22/h5-6,12,15,19H,2-4,8-11,14H2,1H3/t15-,19-/m1/s1. The molecule has 2 atom stereocenters. The molecule has 1 fully saturated rings. The molecule has 0 spiro atoms. The molecule has 2 rings (SSSR count). The maximum Gasteiger partial charge on any atom is 0.130 e. The molecule has 1 aliphatic heterocycles. The highest BCUT2D eigenvalue weighted by Gasteiger charge is 2.26. The summed E-state index contributed by atoms with van der Waals surface area (Å²) in [5.74, 6) is -1.17. The summed E-state index contributed by atoms with van der Waals surface area (Å²) in [6.45, 7) is 5.87. The number of nitriles is 2. The molecule has 4 nitrogen and oxygen atoms in total. The van der Waals surface area contributed by atoms with Gasteiger partial charge in [0.2, 0.25) is 0 Å². The van der Waals surface area contributed by atoms with E-state index in [4.69, 9.17) is 5.26 Å². The van der Waals surface area contributed by atoms with Crippen LogP contribution in [-0.2, 0) is 0 Å². The summed E-state index contributed by atoms with van der Waals surface area (Å²) in [7, 11) is 0. The fourth-order valence-corrected chi connectivity index (χ4v) is 3.45. The van der Waals surface area contributed by atoms with Gasteiger partial charge in [0.15, 0.2) is 0 Å². The van der Waals surface area contributed by atoms with Crippen LogP contribution in [0.3, 0.4) is 0 Å². The van der Waals surface area contributed by atoms with Crippen molar-refractivity contribution in [2.75, 3.05) is 32.7 Å². The van der Waals surface area contributed by atoms with E-state index in [0.29, 0.717) is 24.9 Å². The van der Waals surface area contributed by atoms with Crippen molar-refractivity contribution < 1.29 is 8.78 Å². The minimum atomic E-state index is -0.555. The van der Waals surface area contributed by atoms with Crippen molar-refractivity contribution >= 4 is 0 Å². The lowest BCUT2D eigenvalue weighted by atomic mass is 10.0. The van der Waals surface area contributed by atoms with E-state index in [0.717, 1.165) is 38.7 Å². The van der Waals surface area contributed by atoms with Crippen LogP contribution in [0.2, 0.25) is 0 Å². The molecular weight excluding hydrogens is 322 g/mol. The van der Waals surface area contributed by atoms with E-state index in [1.807, 2.05) is 6.92 Å². The smallest absolute Gasteiger partial charge is 0.130 e. The molecule has 0 saturated carbocycles. The average molecular weight is 346 g/mol. The van der Waals surface area contributed by atoms with E-state index >= 15 is 0 Å². The van der Waals surface area contributed by atoms with Crippen LogP contribution in [0.15, 0.2) is 18.2 Å². The van der Waals surface area contributed by atoms with Crippen molar-refractivity contribution in [3.63, 3.8) is 0 Å². The van der Waals surface area contributed by atoms with Gasteiger partial charge in [0.05, 0.1) is 18.1 Å². The Morgan fingerprint density at radius 1 is 1.16 bits per heavy atom. The van der Waals surface area contributed by atoms with Crippen molar-refractivity contribution in [3.8, 4) is 12.1 Å². The molecule has 1 saturated heterocycles. The molecule has 134 valence electrons. The van der Waals surface area contributed by atoms with Crippen LogP contribution in [0.5, 0.6) is 0 Å². The predicted octanol–water partition coefficient (Wildman–Crippen LogP) is 3.48. The number of rotatable bonds is 7. The highest BCUT2D eigenvalue weighted by atomic mass is 19.1. The van der Waals surface area contributed by atoms with E-state index in [2.05, 4.69) is 21.9 Å². The molecule has 0 radical (unpaired) electrons. The molecule has 0 aromatic heterocycles. The first-order valence-corrected chi connectivity index (χ1v) is 8.77. The molecule has 1 aromatic carbocycles. The molecule has 1 aliphatic rings. The maximum absolute atomic E-state index is 14.1. The lowest BCUT2D eigenvalue weighted by Gasteiger charge is -2.39. The molecule has 0 aliphatic carbocycles. The fourth-order valence-electron chi connectivity index (χ4n) is 3.45. The summed E-state index contributed by atoms with van der Waals surface area (Å²) in [4.78, 5) is 4.46. The van der Waals surface area contributed by atoms with Gasteiger partial charge in [-0.2, -0.15) is 10.5 Å². The van der Waals surface area contributed by atoms with E-state index in [1.165, 1.54) is 6.07 Å². The third kappa shape index (κ3) is 5.22. The summed E-state index contributed by atoms with van der Waals surface area (Å²) >= 11 is 0. The first-order chi connectivity index (χ1) is 12.1. The van der Waals surface area contributed by atoms with Gasteiger partial charge in [-0.15, -0.1) is 0 Å². The number of hydrogen-bond acceptors (Lipinski definition) is 4. The van der Waals surface area contributed by atoms with Crippen molar-refractivity contribution in [3.05, 3.63) is 35.4 Å². The Hall–Kier alpha value is -2.02. The van der Waals surface area contributed by atoms with Crippen LogP contribution in [0, 0.1) is 40.2 Å². The van der Waals surface area contributed by atoms with Crippen molar-refractivity contribution in [1.29, 1.82) is 10.5 Å². The summed E-state index contributed by atoms with van der Waals surface area (Å²) in [6.07, 6.45) is 1.76. The van der Waals surface area contributed by atoms with Crippen molar-refractivity contribution in [2.45, 2.75) is 32.2 Å². The van der Waals surface area contributed by atoms with Crippen LogP contribution < -0.4 is 0 Å². The molecule has 0 unspecified atom stereocenters. The number of benzene rings is 1. The number of halogens is 2. The Labute approximate surface area is 148 Å². The van der Waals surface area contributed by atoms with Gasteiger partial charge in [-0.05, 0) is 18.9 Å². The zero-order valence-electron chi connectivity index (χ0n) is 14.6. The molecule has 25 heavy (non-hydrogen) atoms. The first-order valence-electron chi connectivity index (χ1n) is 8.77. The molecule has 0 bridgehead atoms. The van der Waals surface area contributed by atoms with Crippen LogP contribution in [-0.4, -0.2) is 42.5 Å². The summed E-state index contributed by atoms with van der Waals surface area (Å²) in [6, 6.07) is 8.10. The monoisotopic (exact) mass is 346 g/mol. The Kier molecular flexibility index (Phi) is 7.31. The Morgan fingerprint density at radius 2 is 1.88 bits per heavy atom. The molecule has 0 amide bonds. The van der Waals surface area contributed by atoms with Gasteiger partial charge in [-0.1, -0.05) is 13.0 Å².